The largest absolute Gasteiger partial charge is 0.426 e. The molecule has 2 aromatic carbocycles. The van der Waals surface area contributed by atoms with Crippen LogP contribution in [0.1, 0.15) is 58.3 Å². The standard InChI is InChI=1S/C24H28F2O2/c1-2-3-4-5-17-6-8-19(9-7-17)24(27)28-21-13-10-18(11-14-21)20-12-15-22(25)23(26)16-20/h10-17,19H,2-9H2,1H3. The van der Waals surface area contributed by atoms with Gasteiger partial charge in [0.25, 0.3) is 0 Å². The Labute approximate surface area is 165 Å². The monoisotopic (exact) mass is 386 g/mol. The maximum Gasteiger partial charge on any atom is 0.314 e. The molecule has 0 atom stereocenters. The van der Waals surface area contributed by atoms with Crippen LogP contribution in [0.15, 0.2) is 42.5 Å². The smallest absolute Gasteiger partial charge is 0.314 e. The average molecular weight is 386 g/mol. The number of halogens is 2. The van der Waals surface area contributed by atoms with E-state index in [9.17, 15) is 13.6 Å². The fourth-order valence-corrected chi connectivity index (χ4v) is 3.96. The molecular weight excluding hydrogens is 358 g/mol. The van der Waals surface area contributed by atoms with Crippen LogP contribution in [0.4, 0.5) is 8.78 Å². The molecular formula is C24H28F2O2. The lowest BCUT2D eigenvalue weighted by Gasteiger charge is -2.27. The molecule has 0 spiro atoms. The number of hydrogen-bond acceptors (Lipinski definition) is 2. The Morgan fingerprint density at radius 2 is 1.61 bits per heavy atom. The van der Waals surface area contributed by atoms with Crippen LogP contribution in [0.25, 0.3) is 11.1 Å². The average Bonchev–Trinajstić information content (AvgIpc) is 2.71. The van der Waals surface area contributed by atoms with E-state index in [0.29, 0.717) is 11.3 Å². The molecule has 0 aliphatic heterocycles. The van der Waals surface area contributed by atoms with Crippen molar-refractivity contribution in [1.29, 1.82) is 0 Å². The van der Waals surface area contributed by atoms with E-state index >= 15 is 0 Å². The zero-order chi connectivity index (χ0) is 19.9. The Bertz CT molecular complexity index is 778. The fourth-order valence-electron chi connectivity index (χ4n) is 3.96. The van der Waals surface area contributed by atoms with Crippen LogP contribution in [0, 0.1) is 23.5 Å². The number of carbonyl (C=O) groups excluding carboxylic acids is 1. The van der Waals surface area contributed by atoms with Crippen molar-refractivity contribution in [2.75, 3.05) is 0 Å². The van der Waals surface area contributed by atoms with Gasteiger partial charge in [-0.25, -0.2) is 8.78 Å². The summed E-state index contributed by atoms with van der Waals surface area (Å²) in [6, 6.07) is 10.7. The summed E-state index contributed by atoms with van der Waals surface area (Å²) in [6.45, 7) is 2.22. The molecule has 1 fully saturated rings. The fraction of sp³-hybridized carbons (Fsp3) is 0.458. The molecule has 0 heterocycles. The van der Waals surface area contributed by atoms with E-state index in [4.69, 9.17) is 4.74 Å². The second-order valence-electron chi connectivity index (χ2n) is 7.79. The van der Waals surface area contributed by atoms with Gasteiger partial charge in [0.1, 0.15) is 5.75 Å². The van der Waals surface area contributed by atoms with Gasteiger partial charge in [-0.3, -0.25) is 4.79 Å². The van der Waals surface area contributed by atoms with Crippen LogP contribution >= 0.6 is 0 Å². The minimum Gasteiger partial charge on any atom is -0.426 e. The molecule has 0 saturated heterocycles. The van der Waals surface area contributed by atoms with Crippen LogP contribution in [0.3, 0.4) is 0 Å². The minimum absolute atomic E-state index is 0.0201. The predicted octanol–water partition coefficient (Wildman–Crippen LogP) is 6.92. The van der Waals surface area contributed by atoms with Crippen molar-refractivity contribution in [3.63, 3.8) is 0 Å². The molecule has 0 radical (unpaired) electrons. The molecule has 2 nitrogen and oxygen atoms in total. The van der Waals surface area contributed by atoms with Gasteiger partial charge < -0.3 is 4.74 Å². The molecule has 1 aliphatic carbocycles. The van der Waals surface area contributed by atoms with E-state index < -0.39 is 11.6 Å². The maximum absolute atomic E-state index is 13.4. The first kappa shape index (κ1) is 20.5. The van der Waals surface area contributed by atoms with Crippen molar-refractivity contribution in [1.82, 2.24) is 0 Å². The number of carbonyl (C=O) groups is 1. The van der Waals surface area contributed by atoms with Gasteiger partial charge in [0.05, 0.1) is 5.92 Å². The minimum atomic E-state index is -0.877. The summed E-state index contributed by atoms with van der Waals surface area (Å²) in [4.78, 5) is 12.5. The van der Waals surface area contributed by atoms with Gasteiger partial charge in [0.2, 0.25) is 0 Å². The van der Waals surface area contributed by atoms with Gasteiger partial charge >= 0.3 is 5.97 Å². The molecule has 0 amide bonds. The maximum atomic E-state index is 13.4. The van der Waals surface area contributed by atoms with Crippen molar-refractivity contribution in [3.05, 3.63) is 54.1 Å². The Hall–Kier alpha value is -2.23. The van der Waals surface area contributed by atoms with Gasteiger partial charge in [-0.15, -0.1) is 0 Å². The second-order valence-corrected chi connectivity index (χ2v) is 7.79. The lowest BCUT2D eigenvalue weighted by Crippen LogP contribution is -2.25. The molecule has 0 unspecified atom stereocenters. The van der Waals surface area contributed by atoms with Crippen LogP contribution in [-0.4, -0.2) is 5.97 Å². The quantitative estimate of drug-likeness (QED) is 0.293. The first-order valence-electron chi connectivity index (χ1n) is 10.3. The lowest BCUT2D eigenvalue weighted by atomic mass is 9.80. The van der Waals surface area contributed by atoms with Crippen LogP contribution in [0.2, 0.25) is 0 Å². The molecule has 28 heavy (non-hydrogen) atoms. The van der Waals surface area contributed by atoms with E-state index in [-0.39, 0.29) is 11.9 Å². The van der Waals surface area contributed by atoms with E-state index in [1.165, 1.54) is 31.7 Å². The summed E-state index contributed by atoms with van der Waals surface area (Å²) in [7, 11) is 0. The third-order valence-corrected chi connectivity index (χ3v) is 5.72. The molecule has 1 aliphatic rings. The Balaban J connectivity index is 1.51. The number of unbranched alkanes of at least 4 members (excludes halogenated alkanes) is 2. The first-order valence-corrected chi connectivity index (χ1v) is 10.3. The Kier molecular flexibility index (Phi) is 7.18. The molecule has 2 aromatic rings. The zero-order valence-corrected chi connectivity index (χ0v) is 16.4. The summed E-state index contributed by atoms with van der Waals surface area (Å²) < 4.78 is 32.0. The predicted molar refractivity (Wildman–Crippen MR) is 107 cm³/mol. The normalized spacial score (nSPS) is 19.4. The zero-order valence-electron chi connectivity index (χ0n) is 16.4. The second kappa shape index (κ2) is 9.81. The topological polar surface area (TPSA) is 26.3 Å². The summed E-state index contributed by atoms with van der Waals surface area (Å²) in [5.74, 6) is -0.680. The Morgan fingerprint density at radius 1 is 0.929 bits per heavy atom. The molecule has 4 heteroatoms. The molecule has 0 aromatic heterocycles. The van der Waals surface area contributed by atoms with Crippen molar-refractivity contribution >= 4 is 5.97 Å². The molecule has 3 rings (SSSR count). The SMILES string of the molecule is CCCCCC1CCC(C(=O)Oc2ccc(-c3ccc(F)c(F)c3)cc2)CC1. The van der Waals surface area contributed by atoms with E-state index in [1.54, 1.807) is 24.3 Å². The van der Waals surface area contributed by atoms with Gasteiger partial charge in [0, 0.05) is 0 Å². The van der Waals surface area contributed by atoms with Gasteiger partial charge in [-0.05, 0) is 67.0 Å². The molecule has 0 N–H and O–H groups in total. The summed E-state index contributed by atoms with van der Waals surface area (Å²) in [6.07, 6.45) is 9.14. The highest BCUT2D eigenvalue weighted by atomic mass is 19.2. The molecule has 1 saturated carbocycles. The number of rotatable bonds is 7. The third kappa shape index (κ3) is 5.40. The summed E-state index contributed by atoms with van der Waals surface area (Å²) in [5, 5.41) is 0. The highest BCUT2D eigenvalue weighted by molar-refractivity contribution is 5.75. The number of esters is 1. The van der Waals surface area contributed by atoms with E-state index in [1.807, 2.05) is 0 Å². The number of hydrogen-bond donors (Lipinski definition) is 0. The highest BCUT2D eigenvalue weighted by Gasteiger charge is 2.27. The molecule has 150 valence electrons. The summed E-state index contributed by atoms with van der Waals surface area (Å²) in [5.41, 5.74) is 1.32. The van der Waals surface area contributed by atoms with Crippen LogP contribution in [-0.2, 0) is 4.79 Å². The van der Waals surface area contributed by atoms with E-state index in [0.717, 1.165) is 49.3 Å². The lowest BCUT2D eigenvalue weighted by molar-refractivity contribution is -0.140. The van der Waals surface area contributed by atoms with Crippen molar-refractivity contribution in [2.45, 2.75) is 58.3 Å². The van der Waals surface area contributed by atoms with Crippen LogP contribution in [0.5, 0.6) is 5.75 Å². The van der Waals surface area contributed by atoms with Gasteiger partial charge in [-0.1, -0.05) is 50.8 Å². The summed E-state index contributed by atoms with van der Waals surface area (Å²) >= 11 is 0. The van der Waals surface area contributed by atoms with Crippen LogP contribution < -0.4 is 4.74 Å². The number of benzene rings is 2. The van der Waals surface area contributed by atoms with E-state index in [2.05, 4.69) is 6.92 Å². The third-order valence-electron chi connectivity index (χ3n) is 5.72. The van der Waals surface area contributed by atoms with Gasteiger partial charge in [-0.2, -0.15) is 0 Å². The van der Waals surface area contributed by atoms with Gasteiger partial charge in [0.15, 0.2) is 11.6 Å². The first-order chi connectivity index (χ1) is 13.6. The van der Waals surface area contributed by atoms with Crippen molar-refractivity contribution < 1.29 is 18.3 Å². The number of ether oxygens (including phenoxy) is 1. The highest BCUT2D eigenvalue weighted by Crippen LogP contribution is 2.33. The van der Waals surface area contributed by atoms with Crippen molar-refractivity contribution in [3.8, 4) is 16.9 Å². The Morgan fingerprint density at radius 3 is 2.25 bits per heavy atom. The molecule has 0 bridgehead atoms. The van der Waals surface area contributed by atoms with Crippen molar-refractivity contribution in [2.24, 2.45) is 11.8 Å².